The minimum atomic E-state index is -4.34. The number of rotatable bonds is 7. The SMILES string of the molecule is CC(C)(C(O)(Cn1cncn1)c1ccc(F)cc1F)S(=O)(=O)CC(N)=O. The Morgan fingerprint density at radius 1 is 1.35 bits per heavy atom. The highest BCUT2D eigenvalue weighted by molar-refractivity contribution is 7.93. The van der Waals surface area contributed by atoms with E-state index in [9.17, 15) is 27.1 Å². The number of amides is 1. The molecule has 0 aliphatic heterocycles. The number of carbonyl (C=O) groups is 1. The Morgan fingerprint density at radius 2 is 2.00 bits per heavy atom. The zero-order chi connectivity index (χ0) is 19.8. The van der Waals surface area contributed by atoms with E-state index in [0.717, 1.165) is 37.0 Å². The average molecular weight is 388 g/mol. The fourth-order valence-electron chi connectivity index (χ4n) is 2.60. The predicted molar refractivity (Wildman–Crippen MR) is 87.3 cm³/mol. The number of hydrogen-bond acceptors (Lipinski definition) is 6. The molecule has 1 unspecified atom stereocenters. The molecule has 0 spiro atoms. The largest absolute Gasteiger partial charge is 0.381 e. The van der Waals surface area contributed by atoms with Crippen molar-refractivity contribution in [2.24, 2.45) is 5.73 Å². The molecule has 142 valence electrons. The summed E-state index contributed by atoms with van der Waals surface area (Å²) < 4.78 is 52.1. The number of aromatic nitrogens is 3. The zero-order valence-electron chi connectivity index (χ0n) is 14.1. The summed E-state index contributed by atoms with van der Waals surface area (Å²) in [5, 5.41) is 15.1. The van der Waals surface area contributed by atoms with Crippen LogP contribution in [0.5, 0.6) is 0 Å². The normalized spacial score (nSPS) is 14.8. The third-order valence-corrected chi connectivity index (χ3v) is 6.90. The second-order valence-corrected chi connectivity index (χ2v) is 8.85. The molecule has 0 saturated heterocycles. The van der Waals surface area contributed by atoms with Gasteiger partial charge in [0.15, 0.2) is 9.84 Å². The molecular formula is C15H18F2N4O4S. The Kier molecular flexibility index (Phi) is 5.15. The van der Waals surface area contributed by atoms with E-state index in [0.29, 0.717) is 6.07 Å². The van der Waals surface area contributed by atoms with Crippen LogP contribution in [0.3, 0.4) is 0 Å². The molecule has 1 heterocycles. The van der Waals surface area contributed by atoms with E-state index in [2.05, 4.69) is 10.1 Å². The molecule has 0 radical (unpaired) electrons. The van der Waals surface area contributed by atoms with Gasteiger partial charge < -0.3 is 10.8 Å². The van der Waals surface area contributed by atoms with Crippen molar-refractivity contribution < 1.29 is 27.1 Å². The van der Waals surface area contributed by atoms with E-state index in [1.165, 1.54) is 6.33 Å². The van der Waals surface area contributed by atoms with Crippen LogP contribution in [-0.4, -0.2) is 44.7 Å². The summed E-state index contributed by atoms with van der Waals surface area (Å²) in [6.07, 6.45) is 2.34. The van der Waals surface area contributed by atoms with Gasteiger partial charge in [0.05, 0.1) is 6.54 Å². The van der Waals surface area contributed by atoms with Gasteiger partial charge >= 0.3 is 0 Å². The lowest BCUT2D eigenvalue weighted by atomic mass is 9.82. The molecule has 1 amide bonds. The van der Waals surface area contributed by atoms with Gasteiger partial charge in [0.2, 0.25) is 5.91 Å². The van der Waals surface area contributed by atoms with Gasteiger partial charge in [0.1, 0.15) is 40.4 Å². The first kappa shape index (κ1) is 19.9. The molecule has 0 aliphatic carbocycles. The molecule has 0 bridgehead atoms. The van der Waals surface area contributed by atoms with Gasteiger partial charge in [-0.2, -0.15) is 5.10 Å². The number of sulfone groups is 1. The number of aliphatic hydroxyl groups is 1. The summed E-state index contributed by atoms with van der Waals surface area (Å²) in [5.74, 6) is -4.22. The molecule has 0 aliphatic rings. The minimum Gasteiger partial charge on any atom is -0.381 e. The summed E-state index contributed by atoms with van der Waals surface area (Å²) in [4.78, 5) is 14.9. The number of nitrogens with two attached hydrogens (primary N) is 1. The predicted octanol–water partition coefficient (Wildman–Crippen LogP) is 0.123. The molecule has 1 aromatic carbocycles. The minimum absolute atomic E-state index is 0.465. The molecule has 2 aromatic rings. The van der Waals surface area contributed by atoms with Gasteiger partial charge in [-0.1, -0.05) is 6.07 Å². The van der Waals surface area contributed by atoms with Crippen LogP contribution in [0.25, 0.3) is 0 Å². The van der Waals surface area contributed by atoms with Gasteiger partial charge in [-0.25, -0.2) is 26.9 Å². The Bertz CT molecular complexity index is 916. The van der Waals surface area contributed by atoms with Gasteiger partial charge in [-0.3, -0.25) is 4.79 Å². The Morgan fingerprint density at radius 3 is 2.50 bits per heavy atom. The molecule has 0 saturated carbocycles. The summed E-state index contributed by atoms with van der Waals surface area (Å²) in [6, 6.07) is 2.36. The fourth-order valence-corrected chi connectivity index (χ4v) is 4.02. The highest BCUT2D eigenvalue weighted by atomic mass is 32.2. The maximum atomic E-state index is 14.4. The van der Waals surface area contributed by atoms with Crippen molar-refractivity contribution >= 4 is 15.7 Å². The first-order valence-corrected chi connectivity index (χ1v) is 9.07. The van der Waals surface area contributed by atoms with E-state index in [1.54, 1.807) is 0 Å². The fraction of sp³-hybridized carbons (Fsp3) is 0.400. The van der Waals surface area contributed by atoms with Crippen molar-refractivity contribution in [1.82, 2.24) is 14.8 Å². The first-order chi connectivity index (χ1) is 11.9. The van der Waals surface area contributed by atoms with Crippen molar-refractivity contribution in [2.45, 2.75) is 30.7 Å². The number of benzene rings is 1. The summed E-state index contributed by atoms with van der Waals surface area (Å²) in [5.41, 5.74) is 2.12. The van der Waals surface area contributed by atoms with Crippen LogP contribution < -0.4 is 5.73 Å². The summed E-state index contributed by atoms with van der Waals surface area (Å²) >= 11 is 0. The quantitative estimate of drug-likeness (QED) is 0.693. The van der Waals surface area contributed by atoms with Crippen LogP contribution in [0, 0.1) is 11.6 Å². The lowest BCUT2D eigenvalue weighted by molar-refractivity contribution is -0.115. The molecule has 8 nitrogen and oxygen atoms in total. The number of halogens is 2. The second kappa shape index (κ2) is 6.72. The second-order valence-electron chi connectivity index (χ2n) is 6.31. The van der Waals surface area contributed by atoms with Crippen LogP contribution in [0.15, 0.2) is 30.9 Å². The highest BCUT2D eigenvalue weighted by Crippen LogP contribution is 2.41. The monoisotopic (exact) mass is 388 g/mol. The molecule has 0 fully saturated rings. The Labute approximate surface area is 148 Å². The van der Waals surface area contributed by atoms with Gasteiger partial charge in [0.25, 0.3) is 0 Å². The lowest BCUT2D eigenvalue weighted by Crippen LogP contribution is -2.57. The molecule has 2 rings (SSSR count). The van der Waals surface area contributed by atoms with Crippen molar-refractivity contribution in [3.05, 3.63) is 48.1 Å². The molecule has 3 N–H and O–H groups in total. The van der Waals surface area contributed by atoms with Crippen molar-refractivity contribution in [1.29, 1.82) is 0 Å². The Balaban J connectivity index is 2.69. The third-order valence-electron chi connectivity index (χ3n) is 4.34. The van der Waals surface area contributed by atoms with E-state index in [4.69, 9.17) is 5.73 Å². The number of carbonyl (C=O) groups excluding carboxylic acids is 1. The van der Waals surface area contributed by atoms with Crippen LogP contribution in [0.2, 0.25) is 0 Å². The van der Waals surface area contributed by atoms with Gasteiger partial charge in [-0.05, 0) is 19.9 Å². The maximum absolute atomic E-state index is 14.4. The standard InChI is InChI=1S/C15H18F2N4O4S/c1-14(2,26(24,25)6-13(18)22)15(23,7-21-9-19-8-20-21)11-4-3-10(16)5-12(11)17/h3-5,8-9,23H,6-7H2,1-2H3,(H2,18,22). The molecule has 1 aromatic heterocycles. The topological polar surface area (TPSA) is 128 Å². The summed E-state index contributed by atoms with van der Waals surface area (Å²) in [7, 11) is -4.34. The van der Waals surface area contributed by atoms with E-state index in [1.807, 2.05) is 0 Å². The average Bonchev–Trinajstić information content (AvgIpc) is 2.97. The van der Waals surface area contributed by atoms with Gasteiger partial charge in [0, 0.05) is 11.6 Å². The smallest absolute Gasteiger partial charge is 0.232 e. The lowest BCUT2D eigenvalue weighted by Gasteiger charge is -2.42. The maximum Gasteiger partial charge on any atom is 0.232 e. The Hall–Kier alpha value is -2.40. The third kappa shape index (κ3) is 3.44. The van der Waals surface area contributed by atoms with Crippen LogP contribution >= 0.6 is 0 Å². The number of nitrogens with zero attached hydrogens (tertiary/aromatic N) is 3. The number of hydrogen-bond donors (Lipinski definition) is 2. The zero-order valence-corrected chi connectivity index (χ0v) is 14.9. The van der Waals surface area contributed by atoms with Crippen molar-refractivity contribution in [3.63, 3.8) is 0 Å². The molecule has 26 heavy (non-hydrogen) atoms. The number of primary amides is 1. The molecular weight excluding hydrogens is 370 g/mol. The van der Waals surface area contributed by atoms with Gasteiger partial charge in [-0.15, -0.1) is 0 Å². The first-order valence-electron chi connectivity index (χ1n) is 7.41. The highest BCUT2D eigenvalue weighted by Gasteiger charge is 2.55. The van der Waals surface area contributed by atoms with Crippen molar-refractivity contribution in [3.8, 4) is 0 Å². The van der Waals surface area contributed by atoms with E-state index in [-0.39, 0.29) is 0 Å². The molecule has 11 heteroatoms. The summed E-state index contributed by atoms with van der Waals surface area (Å²) in [6.45, 7) is 1.75. The van der Waals surface area contributed by atoms with Crippen LogP contribution in [-0.2, 0) is 26.8 Å². The van der Waals surface area contributed by atoms with Crippen LogP contribution in [0.1, 0.15) is 19.4 Å². The van der Waals surface area contributed by atoms with Crippen LogP contribution in [0.4, 0.5) is 8.78 Å². The van der Waals surface area contributed by atoms with E-state index < -0.39 is 55.6 Å². The van der Waals surface area contributed by atoms with Crippen molar-refractivity contribution in [2.75, 3.05) is 5.75 Å². The van der Waals surface area contributed by atoms with E-state index >= 15 is 0 Å². The molecule has 1 atom stereocenters.